The first-order valence-corrected chi connectivity index (χ1v) is 11.8. The third kappa shape index (κ3) is 4.58. The number of pyridine rings is 1. The van der Waals surface area contributed by atoms with Gasteiger partial charge in [-0.1, -0.05) is 6.92 Å². The molecule has 2 aromatic rings. The number of rotatable bonds is 10. The van der Waals surface area contributed by atoms with Gasteiger partial charge in [-0.15, -0.1) is 0 Å². The van der Waals surface area contributed by atoms with Gasteiger partial charge in [-0.2, -0.15) is 0 Å². The molecule has 8 heteroatoms. The lowest BCUT2D eigenvalue weighted by Gasteiger charge is -2.34. The van der Waals surface area contributed by atoms with Crippen molar-refractivity contribution >= 4 is 23.0 Å². The van der Waals surface area contributed by atoms with Crippen LogP contribution in [-0.2, 0) is 27.2 Å². The highest BCUT2D eigenvalue weighted by Crippen LogP contribution is 2.36. The van der Waals surface area contributed by atoms with Crippen molar-refractivity contribution in [3.8, 4) is 0 Å². The van der Waals surface area contributed by atoms with Crippen LogP contribution in [-0.4, -0.2) is 72.1 Å². The van der Waals surface area contributed by atoms with Crippen molar-refractivity contribution in [2.45, 2.75) is 64.3 Å². The van der Waals surface area contributed by atoms with Crippen LogP contribution in [0.4, 0.5) is 0 Å². The van der Waals surface area contributed by atoms with Gasteiger partial charge < -0.3 is 29.7 Å². The summed E-state index contributed by atoms with van der Waals surface area (Å²) in [6.45, 7) is 7.59. The van der Waals surface area contributed by atoms with Gasteiger partial charge in [0.2, 0.25) is 0 Å². The lowest BCUT2D eigenvalue weighted by molar-refractivity contribution is -0.148. The number of hydrogen-bond acceptors (Lipinski definition) is 6. The van der Waals surface area contributed by atoms with Crippen LogP contribution in [0.5, 0.6) is 0 Å². The summed E-state index contributed by atoms with van der Waals surface area (Å²) in [7, 11) is 1.71. The molecule has 2 aromatic heterocycles. The third-order valence-corrected chi connectivity index (χ3v) is 6.47. The van der Waals surface area contributed by atoms with Crippen molar-refractivity contribution in [3.05, 3.63) is 29.2 Å². The first-order valence-electron chi connectivity index (χ1n) is 11.8. The van der Waals surface area contributed by atoms with Crippen molar-refractivity contribution in [3.63, 3.8) is 0 Å². The number of aryl methyl sites for hydroxylation is 2. The highest BCUT2D eigenvalue weighted by atomic mass is 16.5. The molecule has 0 radical (unpaired) electrons. The summed E-state index contributed by atoms with van der Waals surface area (Å²) in [6.07, 6.45) is 6.75. The summed E-state index contributed by atoms with van der Waals surface area (Å²) >= 11 is 0. The Balaban J connectivity index is 1.70. The molecule has 0 spiro atoms. The third-order valence-electron chi connectivity index (χ3n) is 6.47. The average Bonchev–Trinajstić information content (AvgIpc) is 3.60. The molecule has 174 valence electrons. The highest BCUT2D eigenvalue weighted by molar-refractivity contribution is 6.00. The van der Waals surface area contributed by atoms with E-state index in [1.165, 1.54) is 6.21 Å². The SMILES string of the molecule is CCc1nc([C@@H](C)N(C(=O)[C@H]2CNCCO2)C2CC2)cc2c1c(C=N)cn2CCCOC. The summed E-state index contributed by atoms with van der Waals surface area (Å²) in [6, 6.07) is 2.24. The lowest BCUT2D eigenvalue weighted by atomic mass is 10.1. The van der Waals surface area contributed by atoms with Gasteiger partial charge in [-0.05, 0) is 38.7 Å². The van der Waals surface area contributed by atoms with Crippen molar-refractivity contribution in [2.24, 2.45) is 0 Å². The number of amides is 1. The van der Waals surface area contributed by atoms with Crippen molar-refractivity contribution < 1.29 is 14.3 Å². The molecule has 1 amide bonds. The van der Waals surface area contributed by atoms with Gasteiger partial charge in [0.05, 0.1) is 29.6 Å². The molecule has 0 unspecified atom stereocenters. The second-order valence-corrected chi connectivity index (χ2v) is 8.73. The standard InChI is InChI=1S/C24H35N5O3/c1-4-19-23-17(13-25)15-28(9-5-10-31-3)21(23)12-20(27-19)16(2)29(18-6-7-18)24(30)22-14-26-8-11-32-22/h12-13,15-16,18,22,25-26H,4-11,14H2,1-3H3/t16-,22-/m1/s1. The zero-order chi connectivity index (χ0) is 22.7. The summed E-state index contributed by atoms with van der Waals surface area (Å²) in [5, 5.41) is 12.2. The summed E-state index contributed by atoms with van der Waals surface area (Å²) < 4.78 is 13.2. The van der Waals surface area contributed by atoms with Crippen molar-refractivity contribution in [1.29, 1.82) is 5.41 Å². The molecule has 2 atom stereocenters. The van der Waals surface area contributed by atoms with Crippen LogP contribution in [0.15, 0.2) is 12.3 Å². The van der Waals surface area contributed by atoms with E-state index in [9.17, 15) is 4.79 Å². The molecule has 2 N–H and O–H groups in total. The number of morpholine rings is 1. The predicted molar refractivity (Wildman–Crippen MR) is 124 cm³/mol. The van der Waals surface area contributed by atoms with E-state index < -0.39 is 6.10 Å². The van der Waals surface area contributed by atoms with Crippen LogP contribution in [0.3, 0.4) is 0 Å². The number of carbonyl (C=O) groups excluding carboxylic acids is 1. The Bertz CT molecular complexity index is 962. The molecule has 0 aromatic carbocycles. The van der Waals surface area contributed by atoms with Crippen molar-refractivity contribution in [2.75, 3.05) is 33.4 Å². The van der Waals surface area contributed by atoms with E-state index in [0.29, 0.717) is 19.8 Å². The Morgan fingerprint density at radius 2 is 2.31 bits per heavy atom. The van der Waals surface area contributed by atoms with Gasteiger partial charge in [0, 0.05) is 62.8 Å². The number of carbonyl (C=O) groups is 1. The molecule has 1 saturated carbocycles. The number of nitrogens with one attached hydrogen (secondary N) is 2. The summed E-state index contributed by atoms with van der Waals surface area (Å²) in [5.74, 6) is 0.0582. The minimum atomic E-state index is -0.427. The van der Waals surface area contributed by atoms with Gasteiger partial charge in [-0.25, -0.2) is 0 Å². The van der Waals surface area contributed by atoms with Crippen LogP contribution < -0.4 is 5.32 Å². The van der Waals surface area contributed by atoms with E-state index in [4.69, 9.17) is 19.9 Å². The average molecular weight is 442 g/mol. The lowest BCUT2D eigenvalue weighted by Crippen LogP contribution is -2.50. The van der Waals surface area contributed by atoms with Crippen LogP contribution in [0.25, 0.3) is 10.9 Å². The maximum atomic E-state index is 13.4. The summed E-state index contributed by atoms with van der Waals surface area (Å²) in [5.41, 5.74) is 3.85. The zero-order valence-electron chi connectivity index (χ0n) is 19.4. The van der Waals surface area contributed by atoms with Gasteiger partial charge in [0.25, 0.3) is 5.91 Å². The van der Waals surface area contributed by atoms with E-state index in [0.717, 1.165) is 66.6 Å². The normalized spacial score (nSPS) is 19.8. The first-order chi connectivity index (χ1) is 15.6. The van der Waals surface area contributed by atoms with E-state index in [2.05, 4.69) is 29.8 Å². The molecule has 2 aliphatic rings. The second-order valence-electron chi connectivity index (χ2n) is 8.73. The fraction of sp³-hybridized carbons (Fsp3) is 0.625. The van der Waals surface area contributed by atoms with E-state index in [-0.39, 0.29) is 18.0 Å². The van der Waals surface area contributed by atoms with Gasteiger partial charge in [0.15, 0.2) is 0 Å². The van der Waals surface area contributed by atoms with E-state index in [1.54, 1.807) is 7.11 Å². The van der Waals surface area contributed by atoms with Crippen LogP contribution in [0, 0.1) is 5.41 Å². The molecule has 1 saturated heterocycles. The molecule has 32 heavy (non-hydrogen) atoms. The maximum absolute atomic E-state index is 13.4. The summed E-state index contributed by atoms with van der Waals surface area (Å²) in [4.78, 5) is 20.4. The van der Waals surface area contributed by atoms with Gasteiger partial charge in [0.1, 0.15) is 6.10 Å². The minimum absolute atomic E-state index is 0.0582. The van der Waals surface area contributed by atoms with Crippen LogP contribution in [0.2, 0.25) is 0 Å². The highest BCUT2D eigenvalue weighted by Gasteiger charge is 2.40. The Morgan fingerprint density at radius 3 is 2.94 bits per heavy atom. The number of ether oxygens (including phenoxy) is 2. The predicted octanol–water partition coefficient (Wildman–Crippen LogP) is 2.67. The molecular formula is C24H35N5O3. The Hall–Kier alpha value is -2.29. The zero-order valence-corrected chi connectivity index (χ0v) is 19.4. The number of hydrogen-bond donors (Lipinski definition) is 2. The number of methoxy groups -OCH3 is 1. The molecule has 8 nitrogen and oxygen atoms in total. The fourth-order valence-electron chi connectivity index (χ4n) is 4.66. The van der Waals surface area contributed by atoms with E-state index in [1.807, 2.05) is 11.1 Å². The number of nitrogens with zero attached hydrogens (tertiary/aromatic N) is 3. The smallest absolute Gasteiger partial charge is 0.253 e. The van der Waals surface area contributed by atoms with Gasteiger partial charge in [-0.3, -0.25) is 9.78 Å². The minimum Gasteiger partial charge on any atom is -0.385 e. The largest absolute Gasteiger partial charge is 0.385 e. The van der Waals surface area contributed by atoms with Crippen LogP contribution >= 0.6 is 0 Å². The molecule has 1 aliphatic carbocycles. The Kier molecular flexibility index (Phi) is 7.23. The molecule has 1 aliphatic heterocycles. The fourth-order valence-corrected chi connectivity index (χ4v) is 4.66. The Morgan fingerprint density at radius 1 is 1.50 bits per heavy atom. The second kappa shape index (κ2) is 10.1. The number of aromatic nitrogens is 2. The number of fused-ring (bicyclic) bond motifs is 1. The first kappa shape index (κ1) is 22.9. The van der Waals surface area contributed by atoms with Crippen LogP contribution in [0.1, 0.15) is 56.1 Å². The van der Waals surface area contributed by atoms with E-state index >= 15 is 0 Å². The molecule has 4 rings (SSSR count). The van der Waals surface area contributed by atoms with Crippen molar-refractivity contribution in [1.82, 2.24) is 19.8 Å². The maximum Gasteiger partial charge on any atom is 0.253 e. The van der Waals surface area contributed by atoms with Gasteiger partial charge >= 0.3 is 0 Å². The molecule has 2 fully saturated rings. The quantitative estimate of drug-likeness (QED) is 0.437. The topological polar surface area (TPSA) is 92.5 Å². The molecule has 0 bridgehead atoms. The molecular weight excluding hydrogens is 406 g/mol. The monoisotopic (exact) mass is 441 g/mol. The molecule has 3 heterocycles. The Labute approximate surface area is 189 Å².